The minimum atomic E-state index is -1.07. The molecule has 2 fully saturated rings. The quantitative estimate of drug-likeness (QED) is 0.757. The van der Waals surface area contributed by atoms with Gasteiger partial charge in [0.25, 0.3) is 11.8 Å². The molecule has 2 aliphatic heterocycles. The molecule has 21 heavy (non-hydrogen) atoms. The van der Waals surface area contributed by atoms with Crippen molar-refractivity contribution in [3.8, 4) is 0 Å². The molecular formula is C13H11ClFN3O3. The fourth-order valence-corrected chi connectivity index (χ4v) is 2.73. The van der Waals surface area contributed by atoms with Gasteiger partial charge in [-0.1, -0.05) is 11.6 Å². The highest BCUT2D eigenvalue weighted by atomic mass is 35.5. The largest absolute Gasteiger partial charge is 0.336 e. The van der Waals surface area contributed by atoms with Crippen molar-refractivity contribution in [3.05, 3.63) is 34.6 Å². The molecule has 0 bridgehead atoms. The summed E-state index contributed by atoms with van der Waals surface area (Å²) in [6.45, 7) is 0.366. The first-order valence-corrected chi connectivity index (χ1v) is 6.67. The van der Waals surface area contributed by atoms with E-state index in [1.807, 2.05) is 0 Å². The summed E-state index contributed by atoms with van der Waals surface area (Å²) >= 11 is 5.58. The molecule has 1 unspecified atom stereocenters. The Balaban J connectivity index is 1.80. The van der Waals surface area contributed by atoms with Crippen molar-refractivity contribution in [1.29, 1.82) is 0 Å². The van der Waals surface area contributed by atoms with Crippen LogP contribution in [-0.2, 0) is 4.79 Å². The molecule has 110 valence electrons. The molecule has 2 N–H and O–H groups in total. The number of rotatable bonds is 1. The molecule has 2 aliphatic rings. The maximum atomic E-state index is 13.4. The van der Waals surface area contributed by atoms with Crippen molar-refractivity contribution >= 4 is 29.4 Å². The average Bonchev–Trinajstić information content (AvgIpc) is 2.97. The fourth-order valence-electron chi connectivity index (χ4n) is 2.61. The number of hydrogen-bond acceptors (Lipinski definition) is 3. The van der Waals surface area contributed by atoms with Gasteiger partial charge in [0, 0.05) is 12.1 Å². The Morgan fingerprint density at radius 3 is 2.76 bits per heavy atom. The van der Waals surface area contributed by atoms with E-state index in [-0.39, 0.29) is 17.1 Å². The summed E-state index contributed by atoms with van der Waals surface area (Å²) in [7, 11) is 0. The molecule has 4 amide bonds. The van der Waals surface area contributed by atoms with Gasteiger partial charge >= 0.3 is 6.03 Å². The third-order valence-electron chi connectivity index (χ3n) is 3.74. The smallest absolute Gasteiger partial charge is 0.322 e. The normalized spacial score (nSPS) is 24.4. The lowest BCUT2D eigenvalue weighted by Gasteiger charge is -2.21. The van der Waals surface area contributed by atoms with Gasteiger partial charge in [-0.3, -0.25) is 14.9 Å². The fraction of sp³-hybridized carbons (Fsp3) is 0.308. The predicted molar refractivity (Wildman–Crippen MR) is 71.3 cm³/mol. The first-order valence-electron chi connectivity index (χ1n) is 6.29. The van der Waals surface area contributed by atoms with Crippen molar-refractivity contribution in [2.24, 2.45) is 0 Å². The molecule has 2 heterocycles. The van der Waals surface area contributed by atoms with Crippen LogP contribution in [0.5, 0.6) is 0 Å². The number of likely N-dealkylation sites (tertiary alicyclic amines) is 1. The summed E-state index contributed by atoms with van der Waals surface area (Å²) in [5.41, 5.74) is -0.920. The van der Waals surface area contributed by atoms with E-state index >= 15 is 0 Å². The Bertz CT molecular complexity index is 666. The molecule has 0 aromatic heterocycles. The van der Waals surface area contributed by atoms with Crippen molar-refractivity contribution in [1.82, 2.24) is 15.5 Å². The van der Waals surface area contributed by atoms with Gasteiger partial charge in [-0.25, -0.2) is 9.18 Å². The Labute approximate surface area is 124 Å². The molecule has 1 spiro atoms. The van der Waals surface area contributed by atoms with Crippen LogP contribution in [0.4, 0.5) is 9.18 Å². The summed E-state index contributed by atoms with van der Waals surface area (Å²) in [4.78, 5) is 36.8. The molecular weight excluding hydrogens is 301 g/mol. The van der Waals surface area contributed by atoms with Gasteiger partial charge in [0.2, 0.25) is 0 Å². The Morgan fingerprint density at radius 1 is 1.38 bits per heavy atom. The molecule has 6 nitrogen and oxygen atoms in total. The van der Waals surface area contributed by atoms with Gasteiger partial charge in [-0.15, -0.1) is 0 Å². The Kier molecular flexibility index (Phi) is 3.09. The van der Waals surface area contributed by atoms with Gasteiger partial charge in [-0.2, -0.15) is 0 Å². The number of imide groups is 1. The minimum Gasteiger partial charge on any atom is -0.336 e. The van der Waals surface area contributed by atoms with Crippen molar-refractivity contribution in [2.45, 2.75) is 12.0 Å². The van der Waals surface area contributed by atoms with Crippen molar-refractivity contribution in [3.63, 3.8) is 0 Å². The van der Waals surface area contributed by atoms with Gasteiger partial charge in [-0.05, 0) is 24.6 Å². The van der Waals surface area contributed by atoms with E-state index < -0.39 is 29.2 Å². The maximum Gasteiger partial charge on any atom is 0.322 e. The maximum absolute atomic E-state index is 13.4. The third kappa shape index (κ3) is 2.23. The molecule has 8 heteroatoms. The third-order valence-corrected chi connectivity index (χ3v) is 4.04. The summed E-state index contributed by atoms with van der Waals surface area (Å²) in [6, 6.07) is 3.22. The molecule has 1 aromatic rings. The molecule has 1 aromatic carbocycles. The highest BCUT2D eigenvalue weighted by molar-refractivity contribution is 6.30. The molecule has 0 aliphatic carbocycles. The second-order valence-electron chi connectivity index (χ2n) is 5.10. The van der Waals surface area contributed by atoms with E-state index in [0.717, 1.165) is 6.07 Å². The molecule has 2 saturated heterocycles. The van der Waals surface area contributed by atoms with Crippen LogP contribution >= 0.6 is 11.6 Å². The van der Waals surface area contributed by atoms with E-state index in [4.69, 9.17) is 11.6 Å². The number of carbonyl (C=O) groups is 3. The Morgan fingerprint density at radius 2 is 2.14 bits per heavy atom. The number of nitrogens with one attached hydrogen (secondary N) is 2. The topological polar surface area (TPSA) is 78.5 Å². The van der Waals surface area contributed by atoms with Crippen molar-refractivity contribution < 1.29 is 18.8 Å². The van der Waals surface area contributed by atoms with Crippen LogP contribution in [0.2, 0.25) is 5.02 Å². The average molecular weight is 312 g/mol. The minimum absolute atomic E-state index is 0.0631. The van der Waals surface area contributed by atoms with Crippen LogP contribution in [0.25, 0.3) is 0 Å². The molecule has 1 atom stereocenters. The zero-order valence-corrected chi connectivity index (χ0v) is 11.5. The number of amides is 4. The molecule has 3 rings (SSSR count). The zero-order chi connectivity index (χ0) is 15.2. The number of halogens is 2. The SMILES string of the molecule is O=C1NC(=O)C2(CCN(C(=O)c3ccc(Cl)c(F)c3)C2)N1. The lowest BCUT2D eigenvalue weighted by molar-refractivity contribution is -0.123. The molecule has 0 saturated carbocycles. The van der Waals surface area contributed by atoms with E-state index in [9.17, 15) is 18.8 Å². The summed E-state index contributed by atoms with van der Waals surface area (Å²) in [6.07, 6.45) is 0.326. The first-order chi connectivity index (χ1) is 9.91. The lowest BCUT2D eigenvalue weighted by atomic mass is 9.99. The van der Waals surface area contributed by atoms with Crippen LogP contribution in [0.3, 0.4) is 0 Å². The van der Waals surface area contributed by atoms with Crippen molar-refractivity contribution in [2.75, 3.05) is 13.1 Å². The highest BCUT2D eigenvalue weighted by Crippen LogP contribution is 2.26. The standard InChI is InChI=1S/C13H11ClFN3O3/c14-8-2-1-7(5-9(8)15)10(19)18-4-3-13(6-18)11(20)16-12(21)17-13/h1-2,5H,3-4,6H2,(H2,16,17,20,21). The van der Waals surface area contributed by atoms with E-state index in [1.165, 1.54) is 17.0 Å². The van der Waals surface area contributed by atoms with Gasteiger partial charge in [0.05, 0.1) is 11.6 Å². The monoisotopic (exact) mass is 311 g/mol. The second-order valence-corrected chi connectivity index (χ2v) is 5.50. The Hall–Kier alpha value is -2.15. The summed E-state index contributed by atoms with van der Waals surface area (Å²) in [5.74, 6) is -1.52. The highest BCUT2D eigenvalue weighted by Gasteiger charge is 2.51. The van der Waals surface area contributed by atoms with Gasteiger partial charge in [0.15, 0.2) is 0 Å². The van der Waals surface area contributed by atoms with Crippen LogP contribution in [-0.4, -0.2) is 41.4 Å². The van der Waals surface area contributed by atoms with Gasteiger partial charge in [0.1, 0.15) is 11.4 Å². The predicted octanol–water partition coefficient (Wildman–Crippen LogP) is 0.903. The number of carbonyl (C=O) groups excluding carboxylic acids is 3. The first kappa shape index (κ1) is 13.8. The number of urea groups is 1. The van der Waals surface area contributed by atoms with Crippen LogP contribution in [0.15, 0.2) is 18.2 Å². The van der Waals surface area contributed by atoms with Crippen LogP contribution in [0, 0.1) is 5.82 Å². The second kappa shape index (κ2) is 4.70. The summed E-state index contributed by atoms with van der Waals surface area (Å²) < 4.78 is 13.4. The zero-order valence-electron chi connectivity index (χ0n) is 10.8. The number of nitrogens with zero attached hydrogens (tertiary/aromatic N) is 1. The van der Waals surface area contributed by atoms with Crippen LogP contribution in [0.1, 0.15) is 16.8 Å². The van der Waals surface area contributed by atoms with Crippen LogP contribution < -0.4 is 10.6 Å². The van der Waals surface area contributed by atoms with Gasteiger partial charge < -0.3 is 10.2 Å². The lowest BCUT2D eigenvalue weighted by Crippen LogP contribution is -2.49. The van der Waals surface area contributed by atoms with E-state index in [1.54, 1.807) is 0 Å². The number of hydrogen-bond donors (Lipinski definition) is 2. The summed E-state index contributed by atoms with van der Waals surface area (Å²) in [5, 5.41) is 4.65. The molecule has 0 radical (unpaired) electrons. The van der Waals surface area contributed by atoms with E-state index in [0.29, 0.717) is 13.0 Å². The van der Waals surface area contributed by atoms with E-state index in [2.05, 4.69) is 10.6 Å². The number of benzene rings is 1.